The first-order valence-electron chi connectivity index (χ1n) is 6.43. The van der Waals surface area contributed by atoms with Gasteiger partial charge in [-0.15, -0.1) is 0 Å². The summed E-state index contributed by atoms with van der Waals surface area (Å²) >= 11 is 3.30. The molecular formula is C15H16BrN3O2. The molecule has 0 unspecified atom stereocenters. The van der Waals surface area contributed by atoms with Gasteiger partial charge in [0.1, 0.15) is 5.69 Å². The molecule has 0 aliphatic carbocycles. The first-order chi connectivity index (χ1) is 9.97. The Hall–Kier alpha value is -2.08. The summed E-state index contributed by atoms with van der Waals surface area (Å²) in [6, 6.07) is 9.33. The van der Waals surface area contributed by atoms with Crippen LogP contribution in [0.5, 0.6) is 0 Å². The summed E-state index contributed by atoms with van der Waals surface area (Å²) < 4.78 is 2.48. The average molecular weight is 350 g/mol. The Morgan fingerprint density at radius 2 is 1.95 bits per heavy atom. The Balaban J connectivity index is 1.91. The van der Waals surface area contributed by atoms with E-state index in [4.69, 9.17) is 0 Å². The number of nitrogens with one attached hydrogen (secondary N) is 2. The Morgan fingerprint density at radius 3 is 2.57 bits per heavy atom. The summed E-state index contributed by atoms with van der Waals surface area (Å²) in [4.78, 5) is 23.8. The predicted octanol–water partition coefficient (Wildman–Crippen LogP) is 2.10. The van der Waals surface area contributed by atoms with Gasteiger partial charge in [-0.2, -0.15) is 0 Å². The van der Waals surface area contributed by atoms with Gasteiger partial charge in [0.2, 0.25) is 5.91 Å². The molecule has 0 saturated carbocycles. The largest absolute Gasteiger partial charge is 0.345 e. The second kappa shape index (κ2) is 6.58. The normalized spacial score (nSPS) is 10.2. The Kier molecular flexibility index (Phi) is 4.80. The topological polar surface area (TPSA) is 63.1 Å². The molecule has 21 heavy (non-hydrogen) atoms. The molecule has 1 aromatic carbocycles. The van der Waals surface area contributed by atoms with Crippen molar-refractivity contribution >= 4 is 27.7 Å². The second-order valence-corrected chi connectivity index (χ2v) is 5.68. The van der Waals surface area contributed by atoms with Crippen molar-refractivity contribution in [3.05, 3.63) is 57.8 Å². The summed E-state index contributed by atoms with van der Waals surface area (Å²) in [5, 5.41) is 0. The van der Waals surface area contributed by atoms with Crippen LogP contribution >= 0.6 is 15.9 Å². The molecule has 2 aromatic rings. The maximum absolute atomic E-state index is 11.9. The van der Waals surface area contributed by atoms with Gasteiger partial charge in [-0.25, -0.2) is 0 Å². The Morgan fingerprint density at radius 1 is 1.24 bits per heavy atom. The molecule has 0 spiro atoms. The number of carbonyl (C=O) groups is 2. The third-order valence-corrected chi connectivity index (χ3v) is 3.57. The molecule has 6 heteroatoms. The van der Waals surface area contributed by atoms with Crippen molar-refractivity contribution in [3.8, 4) is 0 Å². The van der Waals surface area contributed by atoms with E-state index in [0.717, 1.165) is 15.6 Å². The average Bonchev–Trinajstić information content (AvgIpc) is 2.78. The summed E-state index contributed by atoms with van der Waals surface area (Å²) in [6.45, 7) is 1.95. The lowest BCUT2D eigenvalue weighted by atomic mass is 10.1. The molecule has 0 aliphatic heterocycles. The molecule has 5 nitrogen and oxygen atoms in total. The second-order valence-electron chi connectivity index (χ2n) is 4.76. The fraction of sp³-hybridized carbons (Fsp3) is 0.200. The van der Waals surface area contributed by atoms with Crippen molar-refractivity contribution < 1.29 is 9.59 Å². The van der Waals surface area contributed by atoms with E-state index in [1.165, 1.54) is 0 Å². The first kappa shape index (κ1) is 15.3. The van der Waals surface area contributed by atoms with Crippen LogP contribution in [0.4, 0.5) is 0 Å². The fourth-order valence-electron chi connectivity index (χ4n) is 1.97. The number of hydrogen-bond donors (Lipinski definition) is 2. The minimum atomic E-state index is -0.360. The van der Waals surface area contributed by atoms with Crippen molar-refractivity contribution in [3.63, 3.8) is 0 Å². The fourth-order valence-corrected chi connectivity index (χ4v) is 2.49. The van der Waals surface area contributed by atoms with Gasteiger partial charge in [-0.3, -0.25) is 20.4 Å². The lowest BCUT2D eigenvalue weighted by Crippen LogP contribution is -2.43. The summed E-state index contributed by atoms with van der Waals surface area (Å²) in [7, 11) is 1.76. The van der Waals surface area contributed by atoms with Gasteiger partial charge in [0, 0.05) is 17.7 Å². The molecule has 0 saturated heterocycles. The number of halogens is 1. The van der Waals surface area contributed by atoms with Gasteiger partial charge in [0.25, 0.3) is 5.91 Å². The van der Waals surface area contributed by atoms with Crippen LogP contribution in [0.3, 0.4) is 0 Å². The van der Waals surface area contributed by atoms with E-state index in [1.807, 2.05) is 31.2 Å². The van der Waals surface area contributed by atoms with Crippen LogP contribution in [0.15, 0.2) is 41.0 Å². The highest BCUT2D eigenvalue weighted by atomic mass is 79.9. The van der Waals surface area contributed by atoms with Gasteiger partial charge in [0.05, 0.1) is 6.42 Å². The minimum absolute atomic E-state index is 0.226. The van der Waals surface area contributed by atoms with Crippen LogP contribution in [-0.4, -0.2) is 16.4 Å². The van der Waals surface area contributed by atoms with Crippen LogP contribution < -0.4 is 10.9 Å². The van der Waals surface area contributed by atoms with E-state index in [-0.39, 0.29) is 18.2 Å². The molecule has 2 rings (SSSR count). The molecule has 0 fully saturated rings. The van der Waals surface area contributed by atoms with Gasteiger partial charge < -0.3 is 4.57 Å². The van der Waals surface area contributed by atoms with Gasteiger partial charge >= 0.3 is 0 Å². The monoisotopic (exact) mass is 349 g/mol. The first-order valence-corrected chi connectivity index (χ1v) is 7.22. The zero-order valence-electron chi connectivity index (χ0n) is 11.8. The van der Waals surface area contributed by atoms with Crippen LogP contribution in [0, 0.1) is 6.92 Å². The van der Waals surface area contributed by atoms with Crippen molar-refractivity contribution in [2.75, 3.05) is 0 Å². The van der Waals surface area contributed by atoms with Crippen molar-refractivity contribution in [1.29, 1.82) is 0 Å². The number of carbonyl (C=O) groups excluding carboxylic acids is 2. The number of hydrazine groups is 1. The molecule has 2 N–H and O–H groups in total. The summed E-state index contributed by atoms with van der Waals surface area (Å²) in [6.07, 6.45) is 1.99. The number of rotatable bonds is 3. The highest BCUT2D eigenvalue weighted by Gasteiger charge is 2.12. The standard InChI is InChI=1S/C15H16BrN3O2/c1-10-5-3-4-6-11(10)7-14(20)17-18-15(21)13-8-12(16)9-19(13)2/h3-6,8-9H,7H2,1-2H3,(H,17,20)(H,18,21). The van der Waals surface area contributed by atoms with Crippen molar-refractivity contribution in [1.82, 2.24) is 15.4 Å². The van der Waals surface area contributed by atoms with E-state index >= 15 is 0 Å². The SMILES string of the molecule is Cc1ccccc1CC(=O)NNC(=O)c1cc(Br)cn1C. The number of hydrogen-bond acceptors (Lipinski definition) is 2. The Labute approximate surface area is 131 Å². The van der Waals surface area contributed by atoms with E-state index in [9.17, 15) is 9.59 Å². The Bertz CT molecular complexity index is 679. The number of amides is 2. The van der Waals surface area contributed by atoms with E-state index in [2.05, 4.69) is 26.8 Å². The van der Waals surface area contributed by atoms with E-state index in [1.54, 1.807) is 23.9 Å². The lowest BCUT2D eigenvalue weighted by Gasteiger charge is -2.09. The third kappa shape index (κ3) is 3.95. The van der Waals surface area contributed by atoms with E-state index < -0.39 is 0 Å². The maximum atomic E-state index is 11.9. The molecule has 0 aliphatic rings. The summed E-state index contributed by atoms with van der Waals surface area (Å²) in [5.74, 6) is -0.618. The highest BCUT2D eigenvalue weighted by Crippen LogP contribution is 2.13. The number of aryl methyl sites for hydroxylation is 2. The van der Waals surface area contributed by atoms with Crippen LogP contribution in [0.2, 0.25) is 0 Å². The molecule has 110 valence electrons. The molecule has 1 heterocycles. The molecule has 1 aromatic heterocycles. The van der Waals surface area contributed by atoms with Crippen LogP contribution in [-0.2, 0) is 18.3 Å². The highest BCUT2D eigenvalue weighted by molar-refractivity contribution is 9.10. The maximum Gasteiger partial charge on any atom is 0.286 e. The molecule has 0 bridgehead atoms. The number of aromatic nitrogens is 1. The van der Waals surface area contributed by atoms with Crippen molar-refractivity contribution in [2.45, 2.75) is 13.3 Å². The molecule has 0 radical (unpaired) electrons. The number of nitrogens with zero attached hydrogens (tertiary/aromatic N) is 1. The molecular weight excluding hydrogens is 334 g/mol. The van der Waals surface area contributed by atoms with Gasteiger partial charge in [0.15, 0.2) is 0 Å². The van der Waals surface area contributed by atoms with Crippen molar-refractivity contribution in [2.24, 2.45) is 7.05 Å². The van der Waals surface area contributed by atoms with E-state index in [0.29, 0.717) is 5.69 Å². The zero-order valence-corrected chi connectivity index (χ0v) is 13.4. The van der Waals surface area contributed by atoms with Gasteiger partial charge in [-0.05, 0) is 40.0 Å². The predicted molar refractivity (Wildman–Crippen MR) is 83.6 cm³/mol. The minimum Gasteiger partial charge on any atom is -0.345 e. The smallest absolute Gasteiger partial charge is 0.286 e. The van der Waals surface area contributed by atoms with Crippen LogP contribution in [0.25, 0.3) is 0 Å². The zero-order chi connectivity index (χ0) is 15.4. The molecule has 0 atom stereocenters. The molecule has 2 amide bonds. The quantitative estimate of drug-likeness (QED) is 0.833. The lowest BCUT2D eigenvalue weighted by molar-refractivity contribution is -0.121. The van der Waals surface area contributed by atoms with Crippen LogP contribution in [0.1, 0.15) is 21.6 Å². The third-order valence-electron chi connectivity index (χ3n) is 3.13. The number of benzene rings is 1. The summed E-state index contributed by atoms with van der Waals surface area (Å²) in [5.41, 5.74) is 7.28. The van der Waals surface area contributed by atoms with Gasteiger partial charge in [-0.1, -0.05) is 24.3 Å².